The largest absolute Gasteiger partial charge is 0.311 e. The van der Waals surface area contributed by atoms with Crippen molar-refractivity contribution in [3.63, 3.8) is 0 Å². The molecule has 0 atom stereocenters. The van der Waals surface area contributed by atoms with Gasteiger partial charge in [0.2, 0.25) is 0 Å². The van der Waals surface area contributed by atoms with Gasteiger partial charge >= 0.3 is 0 Å². The Kier molecular flexibility index (Phi) is 14.7. The normalized spacial score (nSPS) is 12.7. The van der Waals surface area contributed by atoms with Crippen LogP contribution in [0.15, 0.2) is 176 Å². The molecule has 0 bridgehead atoms. The molecule has 9 aromatic rings. The van der Waals surface area contributed by atoms with Crippen molar-refractivity contribution in [3.05, 3.63) is 204 Å². The summed E-state index contributed by atoms with van der Waals surface area (Å²) in [6.45, 7) is 11.4. The van der Waals surface area contributed by atoms with Crippen molar-refractivity contribution < 1.29 is 0 Å². The average Bonchev–Trinajstić information content (AvgIpc) is 3.87. The minimum Gasteiger partial charge on any atom is -0.311 e. The molecule has 2 nitrogen and oxygen atoms in total. The summed E-state index contributed by atoms with van der Waals surface area (Å²) in [5.41, 5.74) is 22.2. The topological polar surface area (TPSA) is 8.17 Å². The molecular weight excluding hydrogens is 857 g/mol. The molecule has 71 heavy (non-hydrogen) atoms. The Bertz CT molecular complexity index is 3190. The summed E-state index contributed by atoms with van der Waals surface area (Å²) in [5, 5.41) is 2.57. The minimum atomic E-state index is 0.0616. The standard InChI is InChI=1S/C69H74N2/c1-6-9-12-15-20-52-26-36-60(37-27-52)71-67-22-17-16-21-63(67)64-44-33-56(49-68(64)71)54-30-40-59(41-31-54)70(57-34-23-50(4)24-35-57)58-38-28-53(29-39-58)55-32-43-62-61-42-25-51(5)47-65(61)69(66(62)48-55,45-18-13-10-7-2)46-19-14-11-8-3/h16-17,21-44,47-49H,6-15,18-20,45-46H2,1-5H3. The summed E-state index contributed by atoms with van der Waals surface area (Å²) >= 11 is 0. The summed E-state index contributed by atoms with van der Waals surface area (Å²) in [6, 6.07) is 67.3. The molecule has 0 saturated carbocycles. The zero-order chi connectivity index (χ0) is 48.7. The molecule has 8 aromatic carbocycles. The van der Waals surface area contributed by atoms with Gasteiger partial charge in [-0.1, -0.05) is 212 Å². The number of fused-ring (bicyclic) bond motifs is 6. The van der Waals surface area contributed by atoms with Gasteiger partial charge in [0.1, 0.15) is 0 Å². The highest BCUT2D eigenvalue weighted by atomic mass is 15.1. The molecule has 0 amide bonds. The molecule has 0 fully saturated rings. The van der Waals surface area contributed by atoms with Crippen LogP contribution in [-0.2, 0) is 11.8 Å². The third kappa shape index (κ3) is 9.88. The predicted octanol–water partition coefficient (Wildman–Crippen LogP) is 20.5. The molecule has 1 aromatic heterocycles. The summed E-state index contributed by atoms with van der Waals surface area (Å²) in [7, 11) is 0. The van der Waals surface area contributed by atoms with E-state index < -0.39 is 0 Å². The van der Waals surface area contributed by atoms with Crippen LogP contribution >= 0.6 is 0 Å². The Labute approximate surface area is 425 Å². The number of para-hydroxylation sites is 1. The maximum atomic E-state index is 2.58. The quantitative estimate of drug-likeness (QED) is 0.0652. The number of aryl methyl sites for hydroxylation is 3. The molecule has 0 radical (unpaired) electrons. The number of benzene rings is 8. The first kappa shape index (κ1) is 48.0. The lowest BCUT2D eigenvalue weighted by molar-refractivity contribution is 0.401. The number of rotatable bonds is 21. The van der Waals surface area contributed by atoms with Crippen LogP contribution in [0.2, 0.25) is 0 Å². The van der Waals surface area contributed by atoms with Gasteiger partial charge in [-0.05, 0) is 156 Å². The van der Waals surface area contributed by atoms with E-state index in [1.165, 1.54) is 167 Å². The van der Waals surface area contributed by atoms with E-state index in [9.17, 15) is 0 Å². The molecule has 0 aliphatic heterocycles. The number of hydrogen-bond acceptors (Lipinski definition) is 1. The monoisotopic (exact) mass is 931 g/mol. The van der Waals surface area contributed by atoms with Crippen molar-refractivity contribution in [3.8, 4) is 39.1 Å². The van der Waals surface area contributed by atoms with Crippen molar-refractivity contribution in [1.82, 2.24) is 4.57 Å². The van der Waals surface area contributed by atoms with Crippen LogP contribution in [0.4, 0.5) is 17.1 Å². The van der Waals surface area contributed by atoms with E-state index in [0.717, 1.165) is 23.5 Å². The lowest BCUT2D eigenvalue weighted by Crippen LogP contribution is -2.25. The lowest BCUT2D eigenvalue weighted by atomic mass is 9.70. The fraction of sp³-hybridized carbons (Fsp3) is 0.304. The van der Waals surface area contributed by atoms with Gasteiger partial charge in [0.05, 0.1) is 11.0 Å². The first-order chi connectivity index (χ1) is 34.9. The molecule has 0 spiro atoms. The summed E-state index contributed by atoms with van der Waals surface area (Å²) < 4.78 is 2.45. The molecule has 0 unspecified atom stereocenters. The molecule has 2 heteroatoms. The Balaban J connectivity index is 0.967. The summed E-state index contributed by atoms with van der Waals surface area (Å²) in [5.74, 6) is 0. The van der Waals surface area contributed by atoms with Crippen LogP contribution in [0.3, 0.4) is 0 Å². The maximum absolute atomic E-state index is 2.58. The fourth-order valence-electron chi connectivity index (χ4n) is 11.9. The minimum absolute atomic E-state index is 0.0616. The highest BCUT2D eigenvalue weighted by molar-refractivity contribution is 6.10. The van der Waals surface area contributed by atoms with Crippen molar-refractivity contribution in [2.45, 2.75) is 136 Å². The van der Waals surface area contributed by atoms with Crippen LogP contribution in [-0.4, -0.2) is 4.57 Å². The van der Waals surface area contributed by atoms with E-state index in [4.69, 9.17) is 0 Å². The van der Waals surface area contributed by atoms with Gasteiger partial charge in [-0.25, -0.2) is 0 Å². The zero-order valence-electron chi connectivity index (χ0n) is 43.2. The Morgan fingerprint density at radius 3 is 1.51 bits per heavy atom. The van der Waals surface area contributed by atoms with E-state index in [1.54, 1.807) is 11.1 Å². The van der Waals surface area contributed by atoms with Crippen LogP contribution in [0.25, 0.3) is 60.9 Å². The van der Waals surface area contributed by atoms with Crippen molar-refractivity contribution >= 4 is 38.9 Å². The third-order valence-corrected chi connectivity index (χ3v) is 15.8. The Morgan fingerprint density at radius 1 is 0.394 bits per heavy atom. The average molecular weight is 931 g/mol. The zero-order valence-corrected chi connectivity index (χ0v) is 43.2. The van der Waals surface area contributed by atoms with Gasteiger partial charge in [0.25, 0.3) is 0 Å². The summed E-state index contributed by atoms with van der Waals surface area (Å²) in [6.07, 6.45) is 19.1. The van der Waals surface area contributed by atoms with E-state index in [2.05, 4.69) is 220 Å². The SMILES string of the molecule is CCCCCCc1ccc(-n2c3ccccc3c3ccc(-c4ccc(N(c5ccc(C)cc5)c5ccc(-c6ccc7c(c6)C(CCCCCC)(CCCCCC)c6cc(C)ccc6-7)cc5)cc4)cc32)cc1. The van der Waals surface area contributed by atoms with Gasteiger partial charge in [-0.3, -0.25) is 0 Å². The maximum Gasteiger partial charge on any atom is 0.0547 e. The number of hydrogen-bond donors (Lipinski definition) is 0. The fourth-order valence-corrected chi connectivity index (χ4v) is 11.9. The summed E-state index contributed by atoms with van der Waals surface area (Å²) in [4.78, 5) is 2.40. The van der Waals surface area contributed by atoms with Gasteiger partial charge in [-0.15, -0.1) is 0 Å². The Hall–Kier alpha value is -6.64. The molecule has 1 heterocycles. The highest BCUT2D eigenvalue weighted by Gasteiger charge is 2.42. The Morgan fingerprint density at radius 2 is 0.887 bits per heavy atom. The first-order valence-corrected chi connectivity index (χ1v) is 27.4. The second-order valence-corrected chi connectivity index (χ2v) is 20.8. The van der Waals surface area contributed by atoms with E-state index >= 15 is 0 Å². The second-order valence-electron chi connectivity index (χ2n) is 20.8. The van der Waals surface area contributed by atoms with Crippen LogP contribution < -0.4 is 4.90 Å². The van der Waals surface area contributed by atoms with Gasteiger partial charge in [0.15, 0.2) is 0 Å². The van der Waals surface area contributed by atoms with Crippen molar-refractivity contribution in [2.24, 2.45) is 0 Å². The number of aromatic nitrogens is 1. The van der Waals surface area contributed by atoms with E-state index in [1.807, 2.05) is 0 Å². The van der Waals surface area contributed by atoms with Gasteiger partial charge < -0.3 is 9.47 Å². The molecule has 360 valence electrons. The molecule has 10 rings (SSSR count). The number of nitrogens with zero attached hydrogens (tertiary/aromatic N) is 2. The van der Waals surface area contributed by atoms with Gasteiger partial charge in [-0.2, -0.15) is 0 Å². The van der Waals surface area contributed by atoms with Crippen molar-refractivity contribution in [1.29, 1.82) is 0 Å². The van der Waals surface area contributed by atoms with Crippen LogP contribution in [0, 0.1) is 13.8 Å². The highest BCUT2D eigenvalue weighted by Crippen LogP contribution is 2.55. The first-order valence-electron chi connectivity index (χ1n) is 27.4. The lowest BCUT2D eigenvalue weighted by Gasteiger charge is -2.33. The molecular formula is C69H74N2. The number of anilines is 3. The molecule has 0 N–H and O–H groups in total. The second kappa shape index (κ2) is 21.8. The predicted molar refractivity (Wildman–Crippen MR) is 307 cm³/mol. The smallest absolute Gasteiger partial charge is 0.0547 e. The van der Waals surface area contributed by atoms with Crippen molar-refractivity contribution in [2.75, 3.05) is 4.90 Å². The van der Waals surface area contributed by atoms with E-state index in [0.29, 0.717) is 0 Å². The molecule has 1 aliphatic rings. The van der Waals surface area contributed by atoms with Crippen LogP contribution in [0.5, 0.6) is 0 Å². The third-order valence-electron chi connectivity index (χ3n) is 15.8. The molecule has 0 saturated heterocycles. The molecule has 1 aliphatic carbocycles. The van der Waals surface area contributed by atoms with Crippen LogP contribution in [0.1, 0.15) is 138 Å². The van der Waals surface area contributed by atoms with E-state index in [-0.39, 0.29) is 5.41 Å². The number of unbranched alkanes of at least 4 members (excludes halogenated alkanes) is 9. The van der Waals surface area contributed by atoms with Gasteiger partial charge in [0, 0.05) is 38.9 Å².